The number of aliphatic carboxylic acids is 1. The minimum absolute atomic E-state index is 0.0177. The highest BCUT2D eigenvalue weighted by Gasteiger charge is 2.24. The molecule has 0 atom stereocenters. The zero-order chi connectivity index (χ0) is 16.9. The van der Waals surface area contributed by atoms with E-state index in [1.165, 1.54) is 11.3 Å². The third-order valence-electron chi connectivity index (χ3n) is 3.77. The Morgan fingerprint density at radius 1 is 1.17 bits per heavy atom. The van der Waals surface area contributed by atoms with E-state index in [9.17, 15) is 9.59 Å². The minimum Gasteiger partial charge on any atom is -0.480 e. The summed E-state index contributed by atoms with van der Waals surface area (Å²) in [7, 11) is 0. The largest absolute Gasteiger partial charge is 0.480 e. The number of carboxylic acids is 1. The summed E-state index contributed by atoms with van der Waals surface area (Å²) >= 11 is 1.39. The van der Waals surface area contributed by atoms with Gasteiger partial charge in [-0.15, -0.1) is 11.3 Å². The van der Waals surface area contributed by atoms with E-state index in [2.05, 4.69) is 10.3 Å². The molecule has 1 amide bonds. The molecule has 1 saturated heterocycles. The summed E-state index contributed by atoms with van der Waals surface area (Å²) in [6, 6.07) is 9.67. The van der Waals surface area contributed by atoms with Crippen molar-refractivity contribution in [2.75, 3.05) is 38.0 Å². The van der Waals surface area contributed by atoms with Crippen molar-refractivity contribution in [3.63, 3.8) is 0 Å². The average Bonchev–Trinajstić information content (AvgIpc) is 3.04. The predicted octanol–water partition coefficient (Wildman–Crippen LogP) is 1.73. The molecule has 0 saturated carbocycles. The zero-order valence-electron chi connectivity index (χ0n) is 13.0. The number of rotatable bonds is 5. The fraction of sp³-hybridized carbons (Fsp3) is 0.312. The number of carbonyl (C=O) groups excluding carboxylic acids is 1. The molecule has 1 aliphatic heterocycles. The summed E-state index contributed by atoms with van der Waals surface area (Å²) in [5, 5.41) is 14.4. The number of hydrogen-bond donors (Lipinski definition) is 2. The normalized spacial score (nSPS) is 15.2. The second-order valence-corrected chi connectivity index (χ2v) is 6.35. The first-order chi connectivity index (χ1) is 11.6. The topological polar surface area (TPSA) is 85.8 Å². The van der Waals surface area contributed by atoms with Crippen molar-refractivity contribution in [2.45, 2.75) is 0 Å². The van der Waals surface area contributed by atoms with E-state index in [1.54, 1.807) is 10.3 Å². The summed E-state index contributed by atoms with van der Waals surface area (Å²) in [5.41, 5.74) is 1.35. The molecule has 1 aliphatic rings. The molecule has 2 aromatic rings. The van der Waals surface area contributed by atoms with Gasteiger partial charge >= 0.3 is 5.97 Å². The van der Waals surface area contributed by atoms with Crippen molar-refractivity contribution in [1.29, 1.82) is 0 Å². The highest BCUT2D eigenvalue weighted by atomic mass is 32.1. The Hall–Kier alpha value is -2.45. The Kier molecular flexibility index (Phi) is 5.07. The van der Waals surface area contributed by atoms with Crippen LogP contribution in [0, 0.1) is 0 Å². The number of carboxylic acid groups (broad SMARTS) is 1. The van der Waals surface area contributed by atoms with E-state index >= 15 is 0 Å². The molecule has 1 aromatic carbocycles. The van der Waals surface area contributed by atoms with Gasteiger partial charge in [-0.3, -0.25) is 14.5 Å². The fourth-order valence-corrected chi connectivity index (χ4v) is 3.24. The van der Waals surface area contributed by atoms with E-state index in [1.807, 2.05) is 35.2 Å². The zero-order valence-corrected chi connectivity index (χ0v) is 13.8. The van der Waals surface area contributed by atoms with Gasteiger partial charge in [-0.1, -0.05) is 18.2 Å². The minimum atomic E-state index is -0.842. The molecular formula is C16H18N4O3S. The SMILES string of the molecule is O=C(O)CN1CCN(C(=O)c2csc(Nc3ccccc3)n2)CC1. The van der Waals surface area contributed by atoms with Crippen LogP contribution in [0.3, 0.4) is 0 Å². The van der Waals surface area contributed by atoms with Crippen LogP contribution < -0.4 is 5.32 Å². The van der Waals surface area contributed by atoms with Gasteiger partial charge in [0.15, 0.2) is 5.13 Å². The predicted molar refractivity (Wildman–Crippen MR) is 91.8 cm³/mol. The molecule has 1 aromatic heterocycles. The molecule has 7 nitrogen and oxygen atoms in total. The van der Waals surface area contributed by atoms with Crippen LogP contribution in [0.5, 0.6) is 0 Å². The Balaban J connectivity index is 1.57. The molecule has 0 bridgehead atoms. The first-order valence-electron chi connectivity index (χ1n) is 7.63. The van der Waals surface area contributed by atoms with Crippen LogP contribution in [0.4, 0.5) is 10.8 Å². The summed E-state index contributed by atoms with van der Waals surface area (Å²) in [6.07, 6.45) is 0. The lowest BCUT2D eigenvalue weighted by Crippen LogP contribution is -2.49. The molecule has 0 unspecified atom stereocenters. The second-order valence-electron chi connectivity index (χ2n) is 5.49. The molecule has 0 spiro atoms. The van der Waals surface area contributed by atoms with Gasteiger partial charge in [0.05, 0.1) is 6.54 Å². The maximum atomic E-state index is 12.5. The van der Waals surface area contributed by atoms with Crippen molar-refractivity contribution in [3.05, 3.63) is 41.4 Å². The van der Waals surface area contributed by atoms with Crippen molar-refractivity contribution < 1.29 is 14.7 Å². The van der Waals surface area contributed by atoms with Crippen LogP contribution in [0.2, 0.25) is 0 Å². The lowest BCUT2D eigenvalue weighted by Gasteiger charge is -2.33. The lowest BCUT2D eigenvalue weighted by atomic mass is 10.3. The maximum absolute atomic E-state index is 12.5. The fourth-order valence-electron chi connectivity index (χ4n) is 2.54. The van der Waals surface area contributed by atoms with E-state index in [0.717, 1.165) is 5.69 Å². The van der Waals surface area contributed by atoms with E-state index < -0.39 is 5.97 Å². The number of carbonyl (C=O) groups is 2. The monoisotopic (exact) mass is 346 g/mol. The Morgan fingerprint density at radius 2 is 1.88 bits per heavy atom. The molecule has 24 heavy (non-hydrogen) atoms. The molecule has 2 N–H and O–H groups in total. The molecule has 126 valence electrons. The van der Waals surface area contributed by atoms with Crippen LogP contribution in [0.1, 0.15) is 10.5 Å². The highest BCUT2D eigenvalue weighted by Crippen LogP contribution is 2.21. The van der Waals surface area contributed by atoms with Crippen LogP contribution >= 0.6 is 11.3 Å². The Morgan fingerprint density at radius 3 is 2.54 bits per heavy atom. The number of nitrogens with one attached hydrogen (secondary N) is 1. The Bertz CT molecular complexity index is 711. The number of benzene rings is 1. The van der Waals surface area contributed by atoms with Gasteiger partial charge in [0.2, 0.25) is 0 Å². The van der Waals surface area contributed by atoms with Crippen LogP contribution in [-0.2, 0) is 4.79 Å². The van der Waals surface area contributed by atoms with Crippen molar-refractivity contribution in [3.8, 4) is 0 Å². The van der Waals surface area contributed by atoms with Crippen LogP contribution in [0.15, 0.2) is 35.7 Å². The van der Waals surface area contributed by atoms with Gasteiger partial charge < -0.3 is 15.3 Å². The lowest BCUT2D eigenvalue weighted by molar-refractivity contribution is -0.138. The molecule has 0 aliphatic carbocycles. The van der Waals surface area contributed by atoms with E-state index in [-0.39, 0.29) is 12.5 Å². The Labute approximate surface area is 143 Å². The number of thiazole rings is 1. The molecule has 2 heterocycles. The van der Waals surface area contributed by atoms with Crippen molar-refractivity contribution in [1.82, 2.24) is 14.8 Å². The molecular weight excluding hydrogens is 328 g/mol. The van der Waals surface area contributed by atoms with Crippen LogP contribution in [0.25, 0.3) is 0 Å². The van der Waals surface area contributed by atoms with Gasteiger partial charge in [-0.25, -0.2) is 4.98 Å². The number of hydrogen-bond acceptors (Lipinski definition) is 6. The number of aromatic nitrogens is 1. The van der Waals surface area contributed by atoms with Gasteiger partial charge in [0, 0.05) is 37.2 Å². The molecule has 1 fully saturated rings. The van der Waals surface area contributed by atoms with Crippen LogP contribution in [-0.4, -0.2) is 64.5 Å². The number of anilines is 2. The summed E-state index contributed by atoms with van der Waals surface area (Å²) in [4.78, 5) is 31.1. The first kappa shape index (κ1) is 16.4. The molecule has 3 rings (SSSR count). The standard InChI is InChI=1S/C16H18N4O3S/c21-14(22)10-19-6-8-20(9-7-19)15(23)13-11-24-16(18-13)17-12-4-2-1-3-5-12/h1-5,11H,6-10H2,(H,17,18)(H,21,22). The van der Waals surface area contributed by atoms with Gasteiger partial charge in [0.25, 0.3) is 5.91 Å². The summed E-state index contributed by atoms with van der Waals surface area (Å²) in [6.45, 7) is 2.19. The average molecular weight is 346 g/mol. The smallest absolute Gasteiger partial charge is 0.317 e. The number of nitrogens with zero attached hydrogens (tertiary/aromatic N) is 3. The van der Waals surface area contributed by atoms with Crippen molar-refractivity contribution >= 4 is 34.0 Å². The third-order valence-corrected chi connectivity index (χ3v) is 4.52. The third kappa shape index (κ3) is 4.09. The molecule has 0 radical (unpaired) electrons. The number of amides is 1. The second kappa shape index (κ2) is 7.41. The van der Waals surface area contributed by atoms with Gasteiger partial charge in [-0.2, -0.15) is 0 Å². The highest BCUT2D eigenvalue weighted by molar-refractivity contribution is 7.14. The maximum Gasteiger partial charge on any atom is 0.317 e. The van der Waals surface area contributed by atoms with Gasteiger partial charge in [-0.05, 0) is 12.1 Å². The van der Waals surface area contributed by atoms with Gasteiger partial charge in [0.1, 0.15) is 5.69 Å². The molecule has 8 heteroatoms. The summed E-state index contributed by atoms with van der Waals surface area (Å²) in [5.74, 6) is -0.951. The summed E-state index contributed by atoms with van der Waals surface area (Å²) < 4.78 is 0. The first-order valence-corrected chi connectivity index (χ1v) is 8.51. The number of piperazine rings is 1. The van der Waals surface area contributed by atoms with E-state index in [0.29, 0.717) is 37.0 Å². The number of para-hydroxylation sites is 1. The quantitative estimate of drug-likeness (QED) is 0.857. The van der Waals surface area contributed by atoms with Crippen molar-refractivity contribution in [2.24, 2.45) is 0 Å². The van der Waals surface area contributed by atoms with E-state index in [4.69, 9.17) is 5.11 Å².